The average molecular weight is 226 g/mol. The van der Waals surface area contributed by atoms with E-state index in [1.807, 2.05) is 30.3 Å². The number of carbonyl (C=O) groups is 1. The molecule has 0 spiro atoms. The molecule has 1 fully saturated rings. The number of aromatic nitrogens is 2. The van der Waals surface area contributed by atoms with Gasteiger partial charge in [-0.2, -0.15) is 0 Å². The molecule has 3 heteroatoms. The van der Waals surface area contributed by atoms with Crippen LogP contribution >= 0.6 is 0 Å². The molecule has 0 radical (unpaired) electrons. The standard InChI is InChI=1S/C14H14N2O/c17-13(16-10-9-15-11-16)14(7-4-8-14)12-5-2-1-3-6-12/h1-3,5-6,9-11H,4,7-8H2. The van der Waals surface area contributed by atoms with Crippen molar-refractivity contribution >= 4 is 5.91 Å². The van der Waals surface area contributed by atoms with Crippen molar-refractivity contribution in [2.24, 2.45) is 0 Å². The smallest absolute Gasteiger partial charge is 0.242 e. The Labute approximate surface area is 100 Å². The Balaban J connectivity index is 2.01. The van der Waals surface area contributed by atoms with Gasteiger partial charge in [-0.25, -0.2) is 4.98 Å². The van der Waals surface area contributed by atoms with Crippen LogP contribution in [0.1, 0.15) is 29.6 Å². The third-order valence-electron chi connectivity index (χ3n) is 3.68. The van der Waals surface area contributed by atoms with Gasteiger partial charge >= 0.3 is 0 Å². The summed E-state index contributed by atoms with van der Waals surface area (Å²) in [5.74, 6) is 0.146. The first-order valence-corrected chi connectivity index (χ1v) is 5.91. The molecule has 1 heterocycles. The van der Waals surface area contributed by atoms with Gasteiger partial charge in [0.05, 0.1) is 5.41 Å². The molecular weight excluding hydrogens is 212 g/mol. The van der Waals surface area contributed by atoms with Crippen LogP contribution in [0.4, 0.5) is 0 Å². The molecule has 1 aromatic carbocycles. The van der Waals surface area contributed by atoms with E-state index in [0.717, 1.165) is 24.8 Å². The minimum atomic E-state index is -0.317. The highest BCUT2D eigenvalue weighted by atomic mass is 16.2. The molecule has 0 saturated heterocycles. The van der Waals surface area contributed by atoms with Gasteiger partial charge in [-0.05, 0) is 18.4 Å². The number of hydrogen-bond acceptors (Lipinski definition) is 2. The van der Waals surface area contributed by atoms with Crippen molar-refractivity contribution in [3.05, 3.63) is 54.6 Å². The largest absolute Gasteiger partial charge is 0.276 e. The summed E-state index contributed by atoms with van der Waals surface area (Å²) in [7, 11) is 0. The van der Waals surface area contributed by atoms with Crippen molar-refractivity contribution in [3.63, 3.8) is 0 Å². The lowest BCUT2D eigenvalue weighted by molar-refractivity contribution is 0.0694. The van der Waals surface area contributed by atoms with E-state index >= 15 is 0 Å². The van der Waals surface area contributed by atoms with Crippen molar-refractivity contribution in [1.82, 2.24) is 9.55 Å². The number of benzene rings is 1. The molecule has 1 aromatic heterocycles. The van der Waals surface area contributed by atoms with E-state index in [1.165, 1.54) is 0 Å². The Morgan fingerprint density at radius 3 is 2.53 bits per heavy atom. The van der Waals surface area contributed by atoms with Gasteiger partial charge in [0.15, 0.2) is 0 Å². The predicted molar refractivity (Wildman–Crippen MR) is 64.8 cm³/mol. The van der Waals surface area contributed by atoms with Crippen molar-refractivity contribution in [2.75, 3.05) is 0 Å². The number of hydrogen-bond donors (Lipinski definition) is 0. The van der Waals surface area contributed by atoms with E-state index < -0.39 is 0 Å². The third kappa shape index (κ3) is 1.50. The normalized spacial score (nSPS) is 17.4. The van der Waals surface area contributed by atoms with E-state index in [4.69, 9.17) is 0 Å². The van der Waals surface area contributed by atoms with Crippen LogP contribution in [0.2, 0.25) is 0 Å². The molecule has 0 atom stereocenters. The molecule has 3 rings (SSSR count). The quantitative estimate of drug-likeness (QED) is 0.789. The fourth-order valence-corrected chi connectivity index (χ4v) is 2.54. The van der Waals surface area contributed by atoms with Crippen LogP contribution in [0.15, 0.2) is 49.1 Å². The first-order valence-electron chi connectivity index (χ1n) is 5.91. The summed E-state index contributed by atoms with van der Waals surface area (Å²) in [6, 6.07) is 10.1. The minimum Gasteiger partial charge on any atom is -0.276 e. The summed E-state index contributed by atoms with van der Waals surface area (Å²) >= 11 is 0. The van der Waals surface area contributed by atoms with Crippen molar-refractivity contribution in [2.45, 2.75) is 24.7 Å². The fourth-order valence-electron chi connectivity index (χ4n) is 2.54. The van der Waals surface area contributed by atoms with Crippen molar-refractivity contribution < 1.29 is 4.79 Å². The van der Waals surface area contributed by atoms with Crippen LogP contribution in [-0.4, -0.2) is 15.5 Å². The van der Waals surface area contributed by atoms with Gasteiger partial charge in [-0.3, -0.25) is 9.36 Å². The zero-order chi connectivity index (χ0) is 11.7. The van der Waals surface area contributed by atoms with Crippen LogP contribution in [0, 0.1) is 0 Å². The molecule has 0 unspecified atom stereocenters. The molecular formula is C14H14N2O. The molecule has 3 nitrogen and oxygen atoms in total. The van der Waals surface area contributed by atoms with Gasteiger partial charge in [0.25, 0.3) is 0 Å². The Morgan fingerprint density at radius 1 is 1.24 bits per heavy atom. The van der Waals surface area contributed by atoms with Gasteiger partial charge in [-0.1, -0.05) is 36.8 Å². The summed E-state index contributed by atoms with van der Waals surface area (Å²) in [5, 5.41) is 0. The van der Waals surface area contributed by atoms with Crippen LogP contribution < -0.4 is 0 Å². The monoisotopic (exact) mass is 226 g/mol. The molecule has 1 aliphatic carbocycles. The van der Waals surface area contributed by atoms with Gasteiger partial charge < -0.3 is 0 Å². The number of nitrogens with zero attached hydrogens (tertiary/aromatic N) is 2. The summed E-state index contributed by atoms with van der Waals surface area (Å²) in [4.78, 5) is 16.5. The summed E-state index contributed by atoms with van der Waals surface area (Å²) in [5.41, 5.74) is 0.812. The third-order valence-corrected chi connectivity index (χ3v) is 3.68. The maximum absolute atomic E-state index is 12.5. The Bertz CT molecular complexity index is 512. The lowest BCUT2D eigenvalue weighted by atomic mass is 9.64. The van der Waals surface area contributed by atoms with E-state index in [9.17, 15) is 4.79 Å². The molecule has 0 amide bonds. The van der Waals surface area contributed by atoms with Crippen LogP contribution in [0.25, 0.3) is 0 Å². The molecule has 2 aromatic rings. The topological polar surface area (TPSA) is 34.9 Å². The van der Waals surface area contributed by atoms with Crippen LogP contribution in [-0.2, 0) is 5.41 Å². The van der Waals surface area contributed by atoms with Crippen molar-refractivity contribution in [3.8, 4) is 0 Å². The highest BCUT2D eigenvalue weighted by Gasteiger charge is 2.46. The predicted octanol–water partition coefficient (Wildman–Crippen LogP) is 2.65. The number of carbonyl (C=O) groups excluding carboxylic acids is 1. The molecule has 17 heavy (non-hydrogen) atoms. The second-order valence-electron chi connectivity index (χ2n) is 4.58. The summed E-state index contributed by atoms with van der Waals surface area (Å²) < 4.78 is 1.60. The number of imidazole rings is 1. The SMILES string of the molecule is O=C(n1ccnc1)C1(c2ccccc2)CCC1. The minimum absolute atomic E-state index is 0.146. The Hall–Kier alpha value is -1.90. The van der Waals surface area contributed by atoms with Crippen molar-refractivity contribution in [1.29, 1.82) is 0 Å². The molecule has 1 saturated carbocycles. The molecule has 0 aliphatic heterocycles. The fraction of sp³-hybridized carbons (Fsp3) is 0.286. The highest BCUT2D eigenvalue weighted by Crippen LogP contribution is 2.44. The molecule has 1 aliphatic rings. The Morgan fingerprint density at radius 2 is 2.00 bits per heavy atom. The maximum atomic E-state index is 12.5. The van der Waals surface area contributed by atoms with E-state index in [1.54, 1.807) is 23.3 Å². The average Bonchev–Trinajstić information content (AvgIpc) is 2.82. The van der Waals surface area contributed by atoms with Gasteiger partial charge in [0, 0.05) is 12.4 Å². The highest BCUT2D eigenvalue weighted by molar-refractivity contribution is 5.91. The Kier molecular flexibility index (Phi) is 2.32. The van der Waals surface area contributed by atoms with E-state index in [0.29, 0.717) is 0 Å². The van der Waals surface area contributed by atoms with Gasteiger partial charge in [0.1, 0.15) is 6.33 Å². The molecule has 0 N–H and O–H groups in total. The molecule has 86 valence electrons. The lowest BCUT2D eigenvalue weighted by Gasteiger charge is -2.40. The maximum Gasteiger partial charge on any atom is 0.242 e. The summed E-state index contributed by atoms with van der Waals surface area (Å²) in [6.07, 6.45) is 7.96. The van der Waals surface area contributed by atoms with E-state index in [-0.39, 0.29) is 11.3 Å². The first-order chi connectivity index (χ1) is 8.33. The second kappa shape index (κ2) is 3.84. The molecule has 0 bridgehead atoms. The number of rotatable bonds is 2. The van der Waals surface area contributed by atoms with Gasteiger partial charge in [-0.15, -0.1) is 0 Å². The zero-order valence-electron chi connectivity index (χ0n) is 9.54. The van der Waals surface area contributed by atoms with Gasteiger partial charge in [0.2, 0.25) is 5.91 Å². The second-order valence-corrected chi connectivity index (χ2v) is 4.58. The van der Waals surface area contributed by atoms with E-state index in [2.05, 4.69) is 4.98 Å². The van der Waals surface area contributed by atoms with Crippen LogP contribution in [0.5, 0.6) is 0 Å². The van der Waals surface area contributed by atoms with Crippen LogP contribution in [0.3, 0.4) is 0 Å². The zero-order valence-corrected chi connectivity index (χ0v) is 9.54. The summed E-state index contributed by atoms with van der Waals surface area (Å²) in [6.45, 7) is 0. The first kappa shape index (κ1) is 10.3. The lowest BCUT2D eigenvalue weighted by Crippen LogP contribution is -2.44.